The molecular weight excluding hydrogens is 264 g/mol. The van der Waals surface area contributed by atoms with Crippen LogP contribution in [-0.2, 0) is 6.54 Å². The molecule has 0 bridgehead atoms. The highest BCUT2D eigenvalue weighted by Crippen LogP contribution is 2.27. The number of carbonyl (C=O) groups is 1. The Morgan fingerprint density at radius 2 is 2.21 bits per heavy atom. The molecule has 6 heteroatoms. The van der Waals surface area contributed by atoms with Gasteiger partial charge in [0.2, 0.25) is 0 Å². The van der Waals surface area contributed by atoms with Gasteiger partial charge in [-0.1, -0.05) is 13.3 Å². The van der Waals surface area contributed by atoms with Crippen LogP contribution in [0.25, 0.3) is 11.0 Å². The monoisotopic (exact) mass is 280 g/mol. The fraction of sp³-hybridized carbons (Fsp3) is 0.462. The molecule has 0 saturated heterocycles. The Morgan fingerprint density at radius 3 is 2.84 bits per heavy atom. The fourth-order valence-electron chi connectivity index (χ4n) is 1.99. The van der Waals surface area contributed by atoms with Crippen molar-refractivity contribution >= 4 is 33.6 Å². The van der Waals surface area contributed by atoms with E-state index in [-0.39, 0.29) is 0 Å². The van der Waals surface area contributed by atoms with Crippen molar-refractivity contribution in [1.29, 1.82) is 0 Å². The lowest BCUT2D eigenvalue weighted by Crippen LogP contribution is -2.07. The van der Waals surface area contributed by atoms with Crippen molar-refractivity contribution in [3.63, 3.8) is 0 Å². The Balaban J connectivity index is 2.49. The molecule has 102 valence electrons. The highest BCUT2D eigenvalue weighted by molar-refractivity contribution is 6.68. The van der Waals surface area contributed by atoms with Crippen LogP contribution in [0.5, 0.6) is 0 Å². The van der Waals surface area contributed by atoms with Gasteiger partial charge in [0.25, 0.3) is 5.24 Å². The number of fused-ring (bicyclic) bond motifs is 1. The minimum Gasteiger partial charge on any atom is -0.384 e. The van der Waals surface area contributed by atoms with Gasteiger partial charge in [0.05, 0.1) is 22.8 Å². The standard InChI is InChI=1S/C13H17ClN4O/c1-3-5-6-15-11-9(12(14)19)7-16-13-10(11)8-17-18(13)4-2/h7-8H,3-6H2,1-2H3,(H,15,16). The molecule has 1 N–H and O–H groups in total. The second kappa shape index (κ2) is 6.02. The quantitative estimate of drug-likeness (QED) is 0.653. The minimum absolute atomic E-state index is 0.404. The van der Waals surface area contributed by atoms with Gasteiger partial charge in [-0.25, -0.2) is 9.67 Å². The van der Waals surface area contributed by atoms with E-state index in [1.807, 2.05) is 6.92 Å². The molecule has 0 saturated carbocycles. The van der Waals surface area contributed by atoms with Crippen LogP contribution in [0.15, 0.2) is 12.4 Å². The van der Waals surface area contributed by atoms with E-state index >= 15 is 0 Å². The smallest absolute Gasteiger partial charge is 0.256 e. The lowest BCUT2D eigenvalue weighted by atomic mass is 10.2. The molecule has 0 radical (unpaired) electrons. The summed E-state index contributed by atoms with van der Waals surface area (Å²) in [6, 6.07) is 0. The van der Waals surface area contributed by atoms with Crippen molar-refractivity contribution in [1.82, 2.24) is 14.8 Å². The summed E-state index contributed by atoms with van der Waals surface area (Å²) < 4.78 is 1.79. The van der Waals surface area contributed by atoms with Gasteiger partial charge in [-0.2, -0.15) is 5.10 Å². The first kappa shape index (κ1) is 13.8. The van der Waals surface area contributed by atoms with Crippen molar-refractivity contribution in [2.45, 2.75) is 33.2 Å². The topological polar surface area (TPSA) is 59.8 Å². The largest absolute Gasteiger partial charge is 0.384 e. The van der Waals surface area contributed by atoms with Crippen LogP contribution in [0.4, 0.5) is 5.69 Å². The second-order valence-corrected chi connectivity index (χ2v) is 4.64. The first-order chi connectivity index (χ1) is 9.19. The van der Waals surface area contributed by atoms with Crippen molar-refractivity contribution in [3.05, 3.63) is 18.0 Å². The van der Waals surface area contributed by atoms with E-state index in [4.69, 9.17) is 11.6 Å². The lowest BCUT2D eigenvalue weighted by Gasteiger charge is -2.10. The van der Waals surface area contributed by atoms with E-state index in [0.717, 1.165) is 42.7 Å². The van der Waals surface area contributed by atoms with E-state index in [2.05, 4.69) is 22.3 Å². The summed E-state index contributed by atoms with van der Waals surface area (Å²) in [6.07, 6.45) is 5.35. The average molecular weight is 281 g/mol. The van der Waals surface area contributed by atoms with Crippen LogP contribution >= 0.6 is 11.6 Å². The SMILES string of the molecule is CCCCNc1c(C(=O)Cl)cnc2c1cnn2CC. The normalized spacial score (nSPS) is 10.9. The summed E-state index contributed by atoms with van der Waals surface area (Å²) in [4.78, 5) is 15.8. The zero-order valence-electron chi connectivity index (χ0n) is 11.1. The third-order valence-electron chi connectivity index (χ3n) is 3.01. The summed E-state index contributed by atoms with van der Waals surface area (Å²) in [5, 5.41) is 7.88. The maximum atomic E-state index is 11.5. The van der Waals surface area contributed by atoms with Gasteiger partial charge in [0.15, 0.2) is 5.65 Å². The molecule has 2 heterocycles. The highest BCUT2D eigenvalue weighted by atomic mass is 35.5. The van der Waals surface area contributed by atoms with Crippen LogP contribution in [0.3, 0.4) is 0 Å². The molecule has 19 heavy (non-hydrogen) atoms. The lowest BCUT2D eigenvalue weighted by molar-refractivity contribution is 0.108. The Bertz CT molecular complexity index is 594. The number of nitrogens with zero attached hydrogens (tertiary/aromatic N) is 3. The first-order valence-electron chi connectivity index (χ1n) is 6.47. The number of carbonyl (C=O) groups excluding carboxylic acids is 1. The molecule has 0 spiro atoms. The zero-order valence-corrected chi connectivity index (χ0v) is 11.9. The van der Waals surface area contributed by atoms with Crippen LogP contribution < -0.4 is 5.32 Å². The summed E-state index contributed by atoms with van der Waals surface area (Å²) in [6.45, 7) is 5.65. The summed E-state index contributed by atoms with van der Waals surface area (Å²) in [5.74, 6) is 0. The fourth-order valence-corrected chi connectivity index (χ4v) is 2.13. The number of anilines is 1. The second-order valence-electron chi connectivity index (χ2n) is 4.30. The van der Waals surface area contributed by atoms with Crippen molar-refractivity contribution < 1.29 is 4.79 Å². The van der Waals surface area contributed by atoms with E-state index in [0.29, 0.717) is 5.56 Å². The molecule has 2 aromatic rings. The van der Waals surface area contributed by atoms with Gasteiger partial charge in [0, 0.05) is 19.3 Å². The van der Waals surface area contributed by atoms with Gasteiger partial charge < -0.3 is 5.32 Å². The van der Waals surface area contributed by atoms with E-state index in [9.17, 15) is 4.79 Å². The van der Waals surface area contributed by atoms with Crippen molar-refractivity contribution in [2.75, 3.05) is 11.9 Å². The predicted molar refractivity (Wildman–Crippen MR) is 76.8 cm³/mol. The Hall–Kier alpha value is -1.62. The van der Waals surface area contributed by atoms with Crippen LogP contribution in [-0.4, -0.2) is 26.6 Å². The summed E-state index contributed by atoms with van der Waals surface area (Å²) in [7, 11) is 0. The van der Waals surface area contributed by atoms with Crippen LogP contribution in [0.1, 0.15) is 37.0 Å². The maximum absolute atomic E-state index is 11.5. The third-order valence-corrected chi connectivity index (χ3v) is 3.21. The molecule has 0 aliphatic heterocycles. The molecular formula is C13H17ClN4O. The molecule has 0 unspecified atom stereocenters. The van der Waals surface area contributed by atoms with Gasteiger partial charge in [0.1, 0.15) is 0 Å². The molecule has 0 aromatic carbocycles. The number of rotatable bonds is 6. The Labute approximate surface area is 117 Å². The van der Waals surface area contributed by atoms with Crippen molar-refractivity contribution in [2.24, 2.45) is 0 Å². The maximum Gasteiger partial charge on any atom is 0.256 e. The molecule has 0 aliphatic carbocycles. The number of unbranched alkanes of at least 4 members (excludes halogenated alkanes) is 1. The van der Waals surface area contributed by atoms with Gasteiger partial charge in [-0.15, -0.1) is 0 Å². The van der Waals surface area contributed by atoms with Gasteiger partial charge in [-0.3, -0.25) is 4.79 Å². The number of aryl methyl sites for hydroxylation is 1. The Kier molecular flexibility index (Phi) is 4.37. The summed E-state index contributed by atoms with van der Waals surface area (Å²) in [5.41, 5.74) is 1.90. The van der Waals surface area contributed by atoms with E-state index < -0.39 is 5.24 Å². The van der Waals surface area contributed by atoms with Gasteiger partial charge >= 0.3 is 0 Å². The number of nitrogens with one attached hydrogen (secondary N) is 1. The molecule has 5 nitrogen and oxygen atoms in total. The van der Waals surface area contributed by atoms with E-state index in [1.54, 1.807) is 10.9 Å². The number of pyridine rings is 1. The highest BCUT2D eigenvalue weighted by Gasteiger charge is 2.16. The minimum atomic E-state index is -0.502. The number of aromatic nitrogens is 3. The number of hydrogen-bond acceptors (Lipinski definition) is 4. The summed E-state index contributed by atoms with van der Waals surface area (Å²) >= 11 is 5.62. The van der Waals surface area contributed by atoms with Gasteiger partial charge in [-0.05, 0) is 24.9 Å². The Morgan fingerprint density at radius 1 is 1.42 bits per heavy atom. The average Bonchev–Trinajstić information content (AvgIpc) is 2.82. The molecule has 0 fully saturated rings. The van der Waals surface area contributed by atoms with Crippen LogP contribution in [0.2, 0.25) is 0 Å². The predicted octanol–water partition coefficient (Wildman–Crippen LogP) is 3.04. The molecule has 0 aliphatic rings. The zero-order chi connectivity index (χ0) is 13.8. The molecule has 0 atom stereocenters. The first-order valence-corrected chi connectivity index (χ1v) is 6.85. The van der Waals surface area contributed by atoms with Crippen LogP contribution in [0, 0.1) is 0 Å². The van der Waals surface area contributed by atoms with E-state index in [1.165, 1.54) is 6.20 Å². The molecule has 0 amide bonds. The van der Waals surface area contributed by atoms with Crippen molar-refractivity contribution in [3.8, 4) is 0 Å². The third kappa shape index (κ3) is 2.71. The number of halogens is 1. The molecule has 2 rings (SSSR count). The molecule has 2 aromatic heterocycles. The number of hydrogen-bond donors (Lipinski definition) is 1.